The molecule has 32 heavy (non-hydrogen) atoms. The molecule has 0 radical (unpaired) electrons. The van der Waals surface area contributed by atoms with Crippen LogP contribution in [0.15, 0.2) is 36.4 Å². The average Bonchev–Trinajstić information content (AvgIpc) is 2.77. The van der Waals surface area contributed by atoms with Crippen molar-refractivity contribution in [2.75, 3.05) is 7.05 Å². The van der Waals surface area contributed by atoms with Gasteiger partial charge in [-0.05, 0) is 60.6 Å². The molecule has 0 aromatic heterocycles. The molecule has 4 nitrogen and oxygen atoms in total. The zero-order chi connectivity index (χ0) is 23.1. The molecule has 2 aromatic carbocycles. The molecule has 1 N–H and O–H groups in total. The van der Waals surface area contributed by atoms with Crippen LogP contribution in [0, 0.1) is 12.8 Å². The fraction of sp³-hybridized carbons (Fsp3) is 0.536. The van der Waals surface area contributed by atoms with Crippen LogP contribution in [-0.2, 0) is 11.3 Å². The molecule has 2 aliphatic rings. The van der Waals surface area contributed by atoms with Crippen LogP contribution in [0.2, 0.25) is 0 Å². The Morgan fingerprint density at radius 1 is 1.06 bits per heavy atom. The zero-order valence-corrected chi connectivity index (χ0v) is 20.4. The van der Waals surface area contributed by atoms with Gasteiger partial charge in [-0.2, -0.15) is 0 Å². The SMILES string of the molecule is CC1CCC1.CCCC1(CCC)OCc2cc(-c3ccc(C(=O)NC)c(C)c3)ccc2O1. The summed E-state index contributed by atoms with van der Waals surface area (Å²) in [6.07, 6.45) is 8.33. The van der Waals surface area contributed by atoms with E-state index in [4.69, 9.17) is 9.47 Å². The number of hydrogen-bond acceptors (Lipinski definition) is 3. The number of amides is 1. The van der Waals surface area contributed by atoms with Crippen LogP contribution in [-0.4, -0.2) is 18.7 Å². The molecule has 1 aliphatic heterocycles. The van der Waals surface area contributed by atoms with Gasteiger partial charge in [-0.3, -0.25) is 4.79 Å². The fourth-order valence-electron chi connectivity index (χ4n) is 4.39. The highest BCUT2D eigenvalue weighted by Gasteiger charge is 2.36. The van der Waals surface area contributed by atoms with Crippen molar-refractivity contribution in [1.82, 2.24) is 5.32 Å². The third kappa shape index (κ3) is 5.72. The van der Waals surface area contributed by atoms with E-state index in [-0.39, 0.29) is 5.91 Å². The molecular formula is C28H39NO3. The lowest BCUT2D eigenvalue weighted by molar-refractivity contribution is -0.214. The zero-order valence-electron chi connectivity index (χ0n) is 20.4. The van der Waals surface area contributed by atoms with Crippen molar-refractivity contribution in [3.63, 3.8) is 0 Å². The highest BCUT2D eigenvalue weighted by atomic mass is 16.7. The molecule has 4 heteroatoms. The molecule has 1 aliphatic carbocycles. The predicted octanol–water partition coefficient (Wildman–Crippen LogP) is 7.03. The quantitative estimate of drug-likeness (QED) is 0.527. The lowest BCUT2D eigenvalue weighted by Crippen LogP contribution is -2.41. The summed E-state index contributed by atoms with van der Waals surface area (Å²) in [5.41, 5.74) is 4.92. The summed E-state index contributed by atoms with van der Waals surface area (Å²) in [5.74, 6) is 1.44. The van der Waals surface area contributed by atoms with Crippen molar-refractivity contribution in [2.24, 2.45) is 5.92 Å². The Hall–Kier alpha value is -2.33. The number of aryl methyl sites for hydroxylation is 1. The summed E-state index contributed by atoms with van der Waals surface area (Å²) in [7, 11) is 1.65. The van der Waals surface area contributed by atoms with E-state index in [0.717, 1.165) is 59.6 Å². The molecule has 1 saturated carbocycles. The Bertz CT molecular complexity index is 911. The Labute approximate surface area is 193 Å². The Morgan fingerprint density at radius 2 is 1.69 bits per heavy atom. The first-order valence-corrected chi connectivity index (χ1v) is 12.2. The molecule has 0 atom stereocenters. The number of carbonyl (C=O) groups excluding carboxylic acids is 1. The van der Waals surface area contributed by atoms with Crippen LogP contribution >= 0.6 is 0 Å². The lowest BCUT2D eigenvalue weighted by Gasteiger charge is -2.38. The second-order valence-electron chi connectivity index (χ2n) is 9.27. The second kappa shape index (κ2) is 11.0. The highest BCUT2D eigenvalue weighted by molar-refractivity contribution is 5.96. The molecule has 1 heterocycles. The van der Waals surface area contributed by atoms with E-state index in [2.05, 4.69) is 50.4 Å². The van der Waals surface area contributed by atoms with Gasteiger partial charge in [0, 0.05) is 31.0 Å². The van der Waals surface area contributed by atoms with Crippen LogP contribution in [0.1, 0.15) is 87.2 Å². The van der Waals surface area contributed by atoms with Crippen molar-refractivity contribution in [3.05, 3.63) is 53.1 Å². The van der Waals surface area contributed by atoms with Crippen LogP contribution in [0.4, 0.5) is 0 Å². The van der Waals surface area contributed by atoms with E-state index in [1.165, 1.54) is 19.3 Å². The van der Waals surface area contributed by atoms with Gasteiger partial charge in [-0.1, -0.05) is 58.2 Å². The molecule has 1 fully saturated rings. The smallest absolute Gasteiger partial charge is 0.251 e. The first kappa shape index (κ1) is 24.3. The van der Waals surface area contributed by atoms with Gasteiger partial charge in [0.25, 0.3) is 5.91 Å². The van der Waals surface area contributed by atoms with Crippen molar-refractivity contribution in [1.29, 1.82) is 0 Å². The molecule has 1 amide bonds. The number of ether oxygens (including phenoxy) is 2. The van der Waals surface area contributed by atoms with Crippen LogP contribution < -0.4 is 10.1 Å². The van der Waals surface area contributed by atoms with E-state index in [9.17, 15) is 4.79 Å². The predicted molar refractivity (Wildman–Crippen MR) is 131 cm³/mol. The third-order valence-electron chi connectivity index (χ3n) is 6.53. The maximum Gasteiger partial charge on any atom is 0.251 e. The normalized spacial score (nSPS) is 16.7. The first-order valence-electron chi connectivity index (χ1n) is 12.2. The Kier molecular flexibility index (Phi) is 8.36. The number of fused-ring (bicyclic) bond motifs is 1. The minimum absolute atomic E-state index is 0.0607. The average molecular weight is 438 g/mol. The standard InChI is InChI=1S/C23H29NO3.C5H10/c1-5-11-23(12-6-2)26-15-19-14-18(8-10-21(19)27-23)17-7-9-20(16(3)13-17)22(25)24-4;1-5-3-2-4-5/h7-10,13-14H,5-6,11-12,15H2,1-4H3,(H,24,25);5H,2-4H2,1H3. The van der Waals surface area contributed by atoms with E-state index >= 15 is 0 Å². The van der Waals surface area contributed by atoms with Gasteiger partial charge in [0.05, 0.1) is 6.61 Å². The topological polar surface area (TPSA) is 47.6 Å². The minimum Gasteiger partial charge on any atom is -0.462 e. The largest absolute Gasteiger partial charge is 0.462 e. The van der Waals surface area contributed by atoms with Crippen molar-refractivity contribution >= 4 is 5.91 Å². The van der Waals surface area contributed by atoms with Crippen molar-refractivity contribution in [3.8, 4) is 16.9 Å². The minimum atomic E-state index is -0.482. The first-order chi connectivity index (χ1) is 15.4. The van der Waals surface area contributed by atoms with Gasteiger partial charge >= 0.3 is 0 Å². The summed E-state index contributed by atoms with van der Waals surface area (Å²) >= 11 is 0. The molecule has 0 unspecified atom stereocenters. The summed E-state index contributed by atoms with van der Waals surface area (Å²) in [5, 5.41) is 2.68. The molecule has 174 valence electrons. The monoisotopic (exact) mass is 437 g/mol. The fourth-order valence-corrected chi connectivity index (χ4v) is 4.39. The van der Waals surface area contributed by atoms with Gasteiger partial charge in [0.1, 0.15) is 5.75 Å². The molecule has 0 saturated heterocycles. The summed E-state index contributed by atoms with van der Waals surface area (Å²) < 4.78 is 12.5. The second-order valence-corrected chi connectivity index (χ2v) is 9.27. The maximum absolute atomic E-state index is 11.9. The van der Waals surface area contributed by atoms with E-state index in [1.807, 2.05) is 19.1 Å². The molecule has 0 bridgehead atoms. The van der Waals surface area contributed by atoms with E-state index < -0.39 is 5.79 Å². The number of rotatable bonds is 6. The third-order valence-corrected chi connectivity index (χ3v) is 6.53. The van der Waals surface area contributed by atoms with E-state index in [1.54, 1.807) is 7.05 Å². The molecule has 4 rings (SSSR count). The van der Waals surface area contributed by atoms with Crippen LogP contribution in [0.5, 0.6) is 5.75 Å². The summed E-state index contributed by atoms with van der Waals surface area (Å²) in [4.78, 5) is 11.9. The number of nitrogens with one attached hydrogen (secondary N) is 1. The Balaban J connectivity index is 0.000000509. The number of benzene rings is 2. The van der Waals surface area contributed by atoms with E-state index in [0.29, 0.717) is 12.2 Å². The number of carbonyl (C=O) groups is 1. The summed E-state index contributed by atoms with van der Waals surface area (Å²) in [6, 6.07) is 12.2. The molecule has 2 aromatic rings. The summed E-state index contributed by atoms with van der Waals surface area (Å²) in [6.45, 7) is 9.16. The van der Waals surface area contributed by atoms with Gasteiger partial charge in [0.15, 0.2) is 0 Å². The number of hydrogen-bond donors (Lipinski definition) is 1. The van der Waals surface area contributed by atoms with Crippen LogP contribution in [0.3, 0.4) is 0 Å². The Morgan fingerprint density at radius 3 is 2.22 bits per heavy atom. The van der Waals surface area contributed by atoms with Gasteiger partial charge in [-0.15, -0.1) is 0 Å². The molecular weight excluding hydrogens is 398 g/mol. The van der Waals surface area contributed by atoms with Crippen molar-refractivity contribution in [2.45, 2.75) is 85.0 Å². The van der Waals surface area contributed by atoms with Gasteiger partial charge < -0.3 is 14.8 Å². The highest BCUT2D eigenvalue weighted by Crippen LogP contribution is 2.38. The van der Waals surface area contributed by atoms with Gasteiger partial charge in [0.2, 0.25) is 5.79 Å². The van der Waals surface area contributed by atoms with Crippen LogP contribution in [0.25, 0.3) is 11.1 Å². The van der Waals surface area contributed by atoms with Gasteiger partial charge in [-0.25, -0.2) is 0 Å². The van der Waals surface area contributed by atoms with Crippen molar-refractivity contribution < 1.29 is 14.3 Å². The lowest BCUT2D eigenvalue weighted by atomic mass is 9.88. The maximum atomic E-state index is 11.9. The molecule has 0 spiro atoms.